The number of carbonyl (C=O) groups excluding carboxylic acids is 1. The summed E-state index contributed by atoms with van der Waals surface area (Å²) >= 11 is 0. The molecule has 0 aliphatic heterocycles. The van der Waals surface area contributed by atoms with Crippen LogP contribution in [0.1, 0.15) is 78.6 Å². The molecule has 0 saturated heterocycles. The highest BCUT2D eigenvalue weighted by Gasteiger charge is 2.36. The van der Waals surface area contributed by atoms with E-state index in [1.807, 2.05) is 6.92 Å². The average Bonchev–Trinajstić information content (AvgIpc) is 3.18. The number of nitrogens with two attached hydrogens (primary N) is 1. The quantitative estimate of drug-likeness (QED) is 0.527. The lowest BCUT2D eigenvalue weighted by molar-refractivity contribution is 0.0754. The van der Waals surface area contributed by atoms with E-state index < -0.39 is 26.5 Å². The third kappa shape index (κ3) is 4.02. The maximum atomic E-state index is 14.8. The lowest BCUT2D eigenvalue weighted by atomic mass is 9.90. The van der Waals surface area contributed by atoms with Gasteiger partial charge in [0.05, 0.1) is 11.9 Å². The molecule has 2 aromatic rings. The predicted molar refractivity (Wildman–Crippen MR) is 115 cm³/mol. The summed E-state index contributed by atoms with van der Waals surface area (Å²) in [6.07, 6.45) is 5.29. The van der Waals surface area contributed by atoms with Gasteiger partial charge in [-0.05, 0) is 80.5 Å². The maximum Gasteiger partial charge on any atom is 0.260 e. The molecule has 2 unspecified atom stereocenters. The lowest BCUT2D eigenvalue weighted by Crippen LogP contribution is -2.25. The second-order valence-electron chi connectivity index (χ2n) is 9.19. The first-order valence-corrected chi connectivity index (χ1v) is 12.1. The van der Waals surface area contributed by atoms with Crippen molar-refractivity contribution in [1.29, 1.82) is 4.78 Å². The van der Waals surface area contributed by atoms with Crippen molar-refractivity contribution in [1.82, 2.24) is 0 Å². The van der Waals surface area contributed by atoms with Crippen LogP contribution in [0.15, 0.2) is 21.8 Å². The second kappa shape index (κ2) is 7.43. The minimum absolute atomic E-state index is 0.0724. The van der Waals surface area contributed by atoms with E-state index in [0.717, 1.165) is 36.7 Å². The van der Waals surface area contributed by atoms with Crippen LogP contribution in [0.2, 0.25) is 0 Å². The number of carbonyl (C=O) groups is 1. The molecule has 5 N–H and O–H groups in total. The number of anilines is 1. The van der Waals surface area contributed by atoms with Gasteiger partial charge in [-0.25, -0.2) is 18.5 Å². The molecule has 31 heavy (non-hydrogen) atoms. The molecule has 4 rings (SSSR count). The fourth-order valence-corrected chi connectivity index (χ4v) is 5.21. The van der Waals surface area contributed by atoms with E-state index in [0.29, 0.717) is 30.0 Å². The first kappa shape index (κ1) is 22.0. The Labute approximate surface area is 181 Å². The van der Waals surface area contributed by atoms with E-state index in [1.165, 1.54) is 19.9 Å². The Balaban J connectivity index is 1.84. The molecule has 1 amide bonds. The number of benzene rings is 1. The number of rotatable bonds is 6. The summed E-state index contributed by atoms with van der Waals surface area (Å²) in [6.45, 7) is 4.94. The van der Waals surface area contributed by atoms with E-state index in [1.54, 1.807) is 0 Å². The van der Waals surface area contributed by atoms with Crippen LogP contribution in [0.3, 0.4) is 0 Å². The molecular weight excluding hydrogens is 421 g/mol. The first-order valence-electron chi connectivity index (χ1n) is 10.5. The molecule has 0 bridgehead atoms. The van der Waals surface area contributed by atoms with Crippen molar-refractivity contribution in [2.75, 3.05) is 5.32 Å². The SMILES string of the molecule is CC(c1cc(F)c2c(c1NC(=O)c1c(C(C)(C)O)coc1S(=N)(N)=O)CCC2)C1CC1. The summed E-state index contributed by atoms with van der Waals surface area (Å²) in [5, 5.41) is 18.4. The Hall–Kier alpha value is -2.23. The van der Waals surface area contributed by atoms with E-state index in [-0.39, 0.29) is 22.9 Å². The molecule has 1 aromatic carbocycles. The highest BCUT2D eigenvalue weighted by molar-refractivity contribution is 7.90. The molecule has 1 heterocycles. The van der Waals surface area contributed by atoms with Crippen LogP contribution >= 0.6 is 0 Å². The Morgan fingerprint density at radius 1 is 1.39 bits per heavy atom. The summed E-state index contributed by atoms with van der Waals surface area (Å²) in [4.78, 5) is 13.4. The summed E-state index contributed by atoms with van der Waals surface area (Å²) < 4.78 is 40.0. The normalized spacial score (nSPS) is 19.0. The van der Waals surface area contributed by atoms with Crippen LogP contribution in [0.5, 0.6) is 0 Å². The smallest absolute Gasteiger partial charge is 0.260 e. The third-order valence-corrected chi connectivity index (χ3v) is 7.21. The monoisotopic (exact) mass is 449 g/mol. The Morgan fingerprint density at radius 3 is 2.61 bits per heavy atom. The minimum Gasteiger partial charge on any atom is -0.452 e. The molecule has 2 atom stereocenters. The highest BCUT2D eigenvalue weighted by Crippen LogP contribution is 2.47. The van der Waals surface area contributed by atoms with E-state index in [2.05, 4.69) is 5.32 Å². The Morgan fingerprint density at radius 2 is 2.03 bits per heavy atom. The fraction of sp³-hybridized carbons (Fsp3) is 0.500. The third-order valence-electron chi connectivity index (χ3n) is 6.36. The van der Waals surface area contributed by atoms with Crippen LogP contribution in [0.25, 0.3) is 0 Å². The molecule has 0 spiro atoms. The zero-order valence-corrected chi connectivity index (χ0v) is 18.7. The zero-order valence-electron chi connectivity index (χ0n) is 17.9. The number of hydrogen-bond acceptors (Lipinski definition) is 5. The molecule has 2 aliphatic carbocycles. The van der Waals surface area contributed by atoms with Crippen LogP contribution < -0.4 is 10.5 Å². The van der Waals surface area contributed by atoms with Gasteiger partial charge in [-0.2, -0.15) is 0 Å². The van der Waals surface area contributed by atoms with E-state index in [9.17, 15) is 18.5 Å². The number of amides is 1. The van der Waals surface area contributed by atoms with Gasteiger partial charge in [0.1, 0.15) is 11.4 Å². The number of aliphatic hydroxyl groups is 1. The lowest BCUT2D eigenvalue weighted by Gasteiger charge is -2.22. The van der Waals surface area contributed by atoms with Crippen molar-refractivity contribution in [2.45, 2.75) is 69.5 Å². The maximum absolute atomic E-state index is 14.8. The van der Waals surface area contributed by atoms with Crippen molar-refractivity contribution in [3.63, 3.8) is 0 Å². The summed E-state index contributed by atoms with van der Waals surface area (Å²) in [6, 6.07) is 1.52. The van der Waals surface area contributed by atoms with Gasteiger partial charge in [-0.1, -0.05) is 6.92 Å². The standard InChI is InChI=1S/C22H28FN3O4S/c1-11(12-7-8-12)15-9-17(23)13-5-4-6-14(13)19(15)26-20(27)18-16(22(2,3)28)10-30-21(18)31(24,25)29/h9-12,28H,4-8H2,1-3H3,(H,26,27)(H3,24,25,29). The van der Waals surface area contributed by atoms with Crippen molar-refractivity contribution >= 4 is 21.5 Å². The number of nitrogens with one attached hydrogen (secondary N) is 2. The molecule has 168 valence electrons. The Bertz CT molecular complexity index is 1160. The van der Waals surface area contributed by atoms with Crippen molar-refractivity contribution < 1.29 is 22.9 Å². The number of fused-ring (bicyclic) bond motifs is 1. The summed E-state index contributed by atoms with van der Waals surface area (Å²) in [5.74, 6) is -0.410. The van der Waals surface area contributed by atoms with Gasteiger partial charge in [-0.3, -0.25) is 4.79 Å². The molecule has 9 heteroatoms. The topological polar surface area (TPSA) is 129 Å². The molecule has 0 radical (unpaired) electrons. The van der Waals surface area contributed by atoms with Crippen LogP contribution in [0, 0.1) is 16.5 Å². The first-order chi connectivity index (χ1) is 14.4. The number of hydrogen-bond donors (Lipinski definition) is 4. The minimum atomic E-state index is -3.86. The van der Waals surface area contributed by atoms with Crippen molar-refractivity contribution in [3.8, 4) is 0 Å². The average molecular weight is 450 g/mol. The van der Waals surface area contributed by atoms with Gasteiger partial charge in [-0.15, -0.1) is 0 Å². The van der Waals surface area contributed by atoms with Crippen LogP contribution in [-0.2, 0) is 28.4 Å². The zero-order chi connectivity index (χ0) is 22.7. The van der Waals surface area contributed by atoms with Gasteiger partial charge < -0.3 is 14.8 Å². The van der Waals surface area contributed by atoms with E-state index >= 15 is 0 Å². The van der Waals surface area contributed by atoms with Gasteiger partial charge in [0, 0.05) is 11.3 Å². The van der Waals surface area contributed by atoms with Crippen LogP contribution in [0.4, 0.5) is 10.1 Å². The second-order valence-corrected chi connectivity index (χ2v) is 10.8. The van der Waals surface area contributed by atoms with E-state index in [4.69, 9.17) is 14.3 Å². The Kier molecular flexibility index (Phi) is 5.27. The number of furan rings is 1. The number of halogens is 1. The largest absolute Gasteiger partial charge is 0.452 e. The molecule has 2 aliphatic rings. The molecule has 1 fully saturated rings. The van der Waals surface area contributed by atoms with Crippen molar-refractivity contribution in [3.05, 3.63) is 46.0 Å². The molecular formula is C22H28FN3O4S. The molecule has 1 saturated carbocycles. The predicted octanol–water partition coefficient (Wildman–Crippen LogP) is 4.18. The fourth-order valence-electron chi connectivity index (χ4n) is 4.51. The van der Waals surface area contributed by atoms with Gasteiger partial charge >= 0.3 is 0 Å². The molecule has 7 nitrogen and oxygen atoms in total. The molecule has 1 aromatic heterocycles. The van der Waals surface area contributed by atoms with Gasteiger partial charge in [0.25, 0.3) is 5.91 Å². The van der Waals surface area contributed by atoms with Gasteiger partial charge in [0.2, 0.25) is 5.09 Å². The summed E-state index contributed by atoms with van der Waals surface area (Å²) in [5.41, 5.74) is 1.08. The van der Waals surface area contributed by atoms with Gasteiger partial charge in [0.15, 0.2) is 9.92 Å². The highest BCUT2D eigenvalue weighted by atomic mass is 32.2. The van der Waals surface area contributed by atoms with Crippen LogP contribution in [-0.4, -0.2) is 15.2 Å². The van der Waals surface area contributed by atoms with Crippen molar-refractivity contribution in [2.24, 2.45) is 11.1 Å². The summed E-state index contributed by atoms with van der Waals surface area (Å²) in [7, 11) is -3.86.